The normalized spacial score (nSPS) is 10.8. The van der Waals surface area contributed by atoms with E-state index >= 15 is 0 Å². The Labute approximate surface area is 168 Å². The lowest BCUT2D eigenvalue weighted by atomic mass is 10.1. The summed E-state index contributed by atoms with van der Waals surface area (Å²) < 4.78 is 15.6. The second-order valence-corrected chi connectivity index (χ2v) is 7.34. The molecule has 0 atom stereocenters. The lowest BCUT2D eigenvalue weighted by Crippen LogP contribution is -2.27. The number of nitrogens with zero attached hydrogens (tertiary/aromatic N) is 3. The number of rotatable bonds is 8. The molecule has 1 aromatic heterocycles. The average molecular weight is 399 g/mol. The van der Waals surface area contributed by atoms with Crippen LogP contribution in [0, 0.1) is 12.7 Å². The Hall–Kier alpha value is -2.67. The van der Waals surface area contributed by atoms with E-state index in [0.717, 1.165) is 17.0 Å². The van der Waals surface area contributed by atoms with Gasteiger partial charge in [-0.2, -0.15) is 0 Å². The standard InChI is InChI=1S/C21H23FN4OS/c1-3-26-20(17-9-6-7-15(2)13-17)24-25-21(26)28-14-19(27)23-12-11-16-8-4-5-10-18(16)22/h4-10,13H,3,11-12,14H2,1-2H3,(H,23,27). The fraction of sp³-hybridized carbons (Fsp3) is 0.286. The van der Waals surface area contributed by atoms with Crippen LogP contribution >= 0.6 is 11.8 Å². The first-order valence-corrected chi connectivity index (χ1v) is 10.2. The quantitative estimate of drug-likeness (QED) is 0.586. The molecule has 0 bridgehead atoms. The number of benzene rings is 2. The molecule has 0 spiro atoms. The van der Waals surface area contributed by atoms with Crippen LogP contribution in [0.2, 0.25) is 0 Å². The molecule has 3 aromatic rings. The molecule has 0 aliphatic heterocycles. The van der Waals surface area contributed by atoms with Gasteiger partial charge in [0.15, 0.2) is 11.0 Å². The van der Waals surface area contributed by atoms with Crippen LogP contribution < -0.4 is 5.32 Å². The van der Waals surface area contributed by atoms with E-state index in [-0.39, 0.29) is 17.5 Å². The molecule has 0 saturated heterocycles. The predicted octanol–water partition coefficient (Wildman–Crippen LogP) is 3.86. The SMILES string of the molecule is CCn1c(SCC(=O)NCCc2ccccc2F)nnc1-c1cccc(C)c1. The largest absolute Gasteiger partial charge is 0.355 e. The van der Waals surface area contributed by atoms with Crippen molar-refractivity contribution in [3.8, 4) is 11.4 Å². The highest BCUT2D eigenvalue weighted by molar-refractivity contribution is 7.99. The van der Waals surface area contributed by atoms with E-state index in [9.17, 15) is 9.18 Å². The predicted molar refractivity (Wildman–Crippen MR) is 110 cm³/mol. The third-order valence-electron chi connectivity index (χ3n) is 4.32. The van der Waals surface area contributed by atoms with Gasteiger partial charge in [-0.1, -0.05) is 53.7 Å². The van der Waals surface area contributed by atoms with Crippen molar-refractivity contribution >= 4 is 17.7 Å². The summed E-state index contributed by atoms with van der Waals surface area (Å²) in [5.41, 5.74) is 2.77. The number of hydrogen-bond donors (Lipinski definition) is 1. The first-order valence-electron chi connectivity index (χ1n) is 9.21. The molecule has 1 heterocycles. The zero-order chi connectivity index (χ0) is 19.9. The molecule has 7 heteroatoms. The number of carbonyl (C=O) groups is 1. The van der Waals surface area contributed by atoms with Crippen LogP contribution in [0.3, 0.4) is 0 Å². The van der Waals surface area contributed by atoms with Crippen molar-refractivity contribution < 1.29 is 9.18 Å². The van der Waals surface area contributed by atoms with Gasteiger partial charge in [0.05, 0.1) is 5.75 Å². The summed E-state index contributed by atoms with van der Waals surface area (Å²) in [5, 5.41) is 12.1. The van der Waals surface area contributed by atoms with Gasteiger partial charge in [0.25, 0.3) is 0 Å². The van der Waals surface area contributed by atoms with Crippen LogP contribution in [-0.2, 0) is 17.8 Å². The van der Waals surface area contributed by atoms with Gasteiger partial charge in [-0.05, 0) is 38.0 Å². The summed E-state index contributed by atoms with van der Waals surface area (Å²) in [6.07, 6.45) is 0.464. The van der Waals surface area contributed by atoms with Crippen LogP contribution in [-0.4, -0.2) is 33.0 Å². The Bertz CT molecular complexity index is 957. The van der Waals surface area contributed by atoms with Gasteiger partial charge in [0.1, 0.15) is 5.82 Å². The number of halogens is 1. The topological polar surface area (TPSA) is 59.8 Å². The first kappa shape index (κ1) is 20.1. The monoisotopic (exact) mass is 398 g/mol. The maximum absolute atomic E-state index is 13.6. The van der Waals surface area contributed by atoms with Crippen molar-refractivity contribution in [2.45, 2.75) is 32.0 Å². The molecule has 0 aliphatic carbocycles. The van der Waals surface area contributed by atoms with Crippen LogP contribution in [0.15, 0.2) is 53.7 Å². The van der Waals surface area contributed by atoms with Crippen molar-refractivity contribution in [1.82, 2.24) is 20.1 Å². The molecule has 2 aromatic carbocycles. The highest BCUT2D eigenvalue weighted by Gasteiger charge is 2.14. The Morgan fingerprint density at radius 3 is 2.75 bits per heavy atom. The lowest BCUT2D eigenvalue weighted by molar-refractivity contribution is -0.118. The molecular formula is C21H23FN4OS. The fourth-order valence-electron chi connectivity index (χ4n) is 2.90. The van der Waals surface area contributed by atoms with Crippen LogP contribution in [0.25, 0.3) is 11.4 Å². The molecule has 28 heavy (non-hydrogen) atoms. The Morgan fingerprint density at radius 2 is 2.00 bits per heavy atom. The average Bonchev–Trinajstić information content (AvgIpc) is 3.11. The number of aryl methyl sites for hydroxylation is 1. The molecule has 0 fully saturated rings. The minimum Gasteiger partial charge on any atom is -0.355 e. The van der Waals surface area contributed by atoms with Gasteiger partial charge < -0.3 is 9.88 Å². The smallest absolute Gasteiger partial charge is 0.230 e. The van der Waals surface area contributed by atoms with Crippen molar-refractivity contribution in [3.63, 3.8) is 0 Å². The summed E-state index contributed by atoms with van der Waals surface area (Å²) in [7, 11) is 0. The van der Waals surface area contributed by atoms with Gasteiger partial charge in [0.2, 0.25) is 5.91 Å². The van der Waals surface area contributed by atoms with Crippen LogP contribution in [0.4, 0.5) is 4.39 Å². The number of hydrogen-bond acceptors (Lipinski definition) is 4. The molecular weight excluding hydrogens is 375 g/mol. The number of carbonyl (C=O) groups excluding carboxylic acids is 1. The third-order valence-corrected chi connectivity index (χ3v) is 5.28. The van der Waals surface area contributed by atoms with Gasteiger partial charge in [-0.3, -0.25) is 4.79 Å². The molecule has 1 N–H and O–H groups in total. The Balaban J connectivity index is 1.55. The maximum Gasteiger partial charge on any atom is 0.230 e. The van der Waals surface area contributed by atoms with E-state index in [1.165, 1.54) is 17.8 Å². The summed E-state index contributed by atoms with van der Waals surface area (Å²) in [6, 6.07) is 14.7. The molecule has 146 valence electrons. The molecule has 0 unspecified atom stereocenters. The van der Waals surface area contributed by atoms with Gasteiger partial charge in [0, 0.05) is 18.7 Å². The summed E-state index contributed by atoms with van der Waals surface area (Å²) in [6.45, 7) is 5.18. The molecule has 0 saturated carbocycles. The zero-order valence-corrected chi connectivity index (χ0v) is 16.8. The van der Waals surface area contributed by atoms with Crippen molar-refractivity contribution in [1.29, 1.82) is 0 Å². The van der Waals surface area contributed by atoms with E-state index in [0.29, 0.717) is 30.2 Å². The number of aromatic nitrogens is 3. The fourth-order valence-corrected chi connectivity index (χ4v) is 3.73. The second kappa shape index (κ2) is 9.50. The number of thioether (sulfide) groups is 1. The van der Waals surface area contributed by atoms with Gasteiger partial charge in [-0.25, -0.2) is 4.39 Å². The van der Waals surface area contributed by atoms with Crippen LogP contribution in [0.5, 0.6) is 0 Å². The second-order valence-electron chi connectivity index (χ2n) is 6.40. The maximum atomic E-state index is 13.6. The van der Waals surface area contributed by atoms with Crippen molar-refractivity contribution in [3.05, 3.63) is 65.5 Å². The zero-order valence-electron chi connectivity index (χ0n) is 16.0. The summed E-state index contributed by atoms with van der Waals surface area (Å²) in [5.74, 6) is 0.687. The Morgan fingerprint density at radius 1 is 1.18 bits per heavy atom. The highest BCUT2D eigenvalue weighted by atomic mass is 32.2. The first-order chi connectivity index (χ1) is 13.6. The number of amides is 1. The van der Waals surface area contributed by atoms with E-state index < -0.39 is 0 Å². The molecule has 3 rings (SSSR count). The summed E-state index contributed by atoms with van der Waals surface area (Å²) in [4.78, 5) is 12.1. The van der Waals surface area contributed by atoms with E-state index in [1.807, 2.05) is 36.6 Å². The highest BCUT2D eigenvalue weighted by Crippen LogP contribution is 2.24. The van der Waals surface area contributed by atoms with E-state index in [4.69, 9.17) is 0 Å². The van der Waals surface area contributed by atoms with E-state index in [1.54, 1.807) is 18.2 Å². The molecule has 1 amide bonds. The van der Waals surface area contributed by atoms with E-state index in [2.05, 4.69) is 21.6 Å². The van der Waals surface area contributed by atoms with Gasteiger partial charge in [-0.15, -0.1) is 10.2 Å². The molecule has 0 aliphatic rings. The number of nitrogens with one attached hydrogen (secondary N) is 1. The molecule has 5 nitrogen and oxygen atoms in total. The minimum absolute atomic E-state index is 0.107. The van der Waals surface area contributed by atoms with Gasteiger partial charge >= 0.3 is 0 Å². The lowest BCUT2D eigenvalue weighted by Gasteiger charge is -2.08. The van der Waals surface area contributed by atoms with Crippen molar-refractivity contribution in [2.24, 2.45) is 0 Å². The van der Waals surface area contributed by atoms with Crippen LogP contribution in [0.1, 0.15) is 18.1 Å². The molecule has 0 radical (unpaired) electrons. The third kappa shape index (κ3) is 4.98. The minimum atomic E-state index is -0.245. The summed E-state index contributed by atoms with van der Waals surface area (Å²) >= 11 is 1.35. The Kier molecular flexibility index (Phi) is 6.81. The van der Waals surface area contributed by atoms with Crippen molar-refractivity contribution in [2.75, 3.05) is 12.3 Å².